The lowest BCUT2D eigenvalue weighted by molar-refractivity contribution is -0.384. The molecule has 0 aromatic heterocycles. The molecule has 10 nitrogen and oxygen atoms in total. The van der Waals surface area contributed by atoms with Gasteiger partial charge in [0.25, 0.3) is 5.69 Å². The number of hydrogen-bond acceptors (Lipinski definition) is 8. The van der Waals surface area contributed by atoms with Gasteiger partial charge in [0.2, 0.25) is 5.78 Å². The predicted octanol–water partition coefficient (Wildman–Crippen LogP) is 3.19. The van der Waals surface area contributed by atoms with Crippen LogP contribution in [0.4, 0.5) is 10.5 Å². The summed E-state index contributed by atoms with van der Waals surface area (Å²) in [5.41, 5.74) is 1.17. The third-order valence-electron chi connectivity index (χ3n) is 5.58. The Balaban J connectivity index is 1.52. The van der Waals surface area contributed by atoms with Crippen molar-refractivity contribution >= 4 is 23.6 Å². The fourth-order valence-corrected chi connectivity index (χ4v) is 3.86. The van der Waals surface area contributed by atoms with Gasteiger partial charge in [0.1, 0.15) is 11.5 Å². The Labute approximate surface area is 189 Å². The van der Waals surface area contributed by atoms with E-state index in [-0.39, 0.29) is 34.8 Å². The number of carbonyl (C=O) groups excluding carboxylic acids is 2. The first kappa shape index (κ1) is 22.3. The smallest absolute Gasteiger partial charge is 0.409 e. The molecule has 2 aromatic rings. The number of amides is 1. The number of aromatic hydroxyl groups is 1. The number of fused-ring (bicyclic) bond motifs is 1. The standard InChI is InChI=1S/C23H23N3O7/c1-2-32-23(29)25-10-8-24(9-11-25)14-18-19(27)7-6-17-21(28)20(33-22(17)18)13-15-4-3-5-16(12-15)26(30)31/h3-7,12-13,27H,2,8-11,14H2,1H3/b20-13-. The maximum Gasteiger partial charge on any atom is 0.409 e. The maximum absolute atomic E-state index is 12.9. The highest BCUT2D eigenvalue weighted by molar-refractivity contribution is 6.15. The zero-order valence-electron chi connectivity index (χ0n) is 18.0. The molecule has 0 saturated carbocycles. The van der Waals surface area contributed by atoms with Crippen molar-refractivity contribution < 1.29 is 29.1 Å². The fraction of sp³-hybridized carbons (Fsp3) is 0.304. The second-order valence-electron chi connectivity index (χ2n) is 7.69. The number of hydrogen-bond donors (Lipinski definition) is 1. The summed E-state index contributed by atoms with van der Waals surface area (Å²) in [6.45, 7) is 4.55. The Hall–Kier alpha value is -3.92. The van der Waals surface area contributed by atoms with Gasteiger partial charge in [0.15, 0.2) is 5.76 Å². The topological polar surface area (TPSA) is 122 Å². The molecule has 10 heteroatoms. The molecule has 172 valence electrons. The van der Waals surface area contributed by atoms with Crippen LogP contribution in [-0.2, 0) is 11.3 Å². The second-order valence-corrected chi connectivity index (χ2v) is 7.69. The molecular weight excluding hydrogens is 430 g/mol. The molecular formula is C23H23N3O7. The molecule has 0 bridgehead atoms. The van der Waals surface area contributed by atoms with Gasteiger partial charge in [-0.15, -0.1) is 0 Å². The molecule has 0 unspecified atom stereocenters. The molecule has 2 heterocycles. The molecule has 33 heavy (non-hydrogen) atoms. The monoisotopic (exact) mass is 453 g/mol. The van der Waals surface area contributed by atoms with E-state index >= 15 is 0 Å². The fourth-order valence-electron chi connectivity index (χ4n) is 3.86. The largest absolute Gasteiger partial charge is 0.507 e. The Morgan fingerprint density at radius 2 is 2.00 bits per heavy atom. The van der Waals surface area contributed by atoms with E-state index in [0.717, 1.165) is 0 Å². The van der Waals surface area contributed by atoms with Crippen molar-refractivity contribution in [3.05, 3.63) is 69.0 Å². The summed E-state index contributed by atoms with van der Waals surface area (Å²) in [6.07, 6.45) is 1.11. The Kier molecular flexibility index (Phi) is 6.27. The molecule has 4 rings (SSSR count). The molecule has 1 N–H and O–H groups in total. The number of allylic oxidation sites excluding steroid dienone is 1. The third kappa shape index (κ3) is 4.65. The van der Waals surface area contributed by atoms with Crippen molar-refractivity contribution in [2.24, 2.45) is 0 Å². The highest BCUT2D eigenvalue weighted by atomic mass is 16.6. The number of piperazine rings is 1. The predicted molar refractivity (Wildman–Crippen MR) is 118 cm³/mol. The summed E-state index contributed by atoms with van der Waals surface area (Å²) in [5, 5.41) is 21.5. The average molecular weight is 453 g/mol. The van der Waals surface area contributed by atoms with E-state index in [0.29, 0.717) is 56.0 Å². The van der Waals surface area contributed by atoms with Crippen LogP contribution in [0.25, 0.3) is 6.08 Å². The zero-order chi connectivity index (χ0) is 23.5. The van der Waals surface area contributed by atoms with Gasteiger partial charge in [-0.1, -0.05) is 12.1 Å². The van der Waals surface area contributed by atoms with E-state index in [1.807, 2.05) is 0 Å². The molecule has 0 spiro atoms. The molecule has 1 fully saturated rings. The lowest BCUT2D eigenvalue weighted by Gasteiger charge is -2.34. The number of rotatable bonds is 5. The summed E-state index contributed by atoms with van der Waals surface area (Å²) in [4.78, 5) is 39.0. The quantitative estimate of drug-likeness (QED) is 0.416. The number of nitro groups is 1. The van der Waals surface area contributed by atoms with E-state index in [1.165, 1.54) is 36.4 Å². The van der Waals surface area contributed by atoms with E-state index in [2.05, 4.69) is 4.90 Å². The lowest BCUT2D eigenvalue weighted by atomic mass is 10.0. The van der Waals surface area contributed by atoms with Crippen LogP contribution in [0.15, 0.2) is 42.2 Å². The summed E-state index contributed by atoms with van der Waals surface area (Å²) in [7, 11) is 0. The number of non-ortho nitro benzene ring substituents is 1. The highest BCUT2D eigenvalue weighted by Gasteiger charge is 2.32. The molecule has 0 radical (unpaired) electrons. The summed E-state index contributed by atoms with van der Waals surface area (Å²) in [6, 6.07) is 8.86. The highest BCUT2D eigenvalue weighted by Crippen LogP contribution is 2.40. The number of benzene rings is 2. The first-order chi connectivity index (χ1) is 15.9. The molecule has 2 aromatic carbocycles. The number of phenolic OH excluding ortho intramolecular Hbond substituents is 1. The Morgan fingerprint density at radius 3 is 2.70 bits per heavy atom. The van der Waals surface area contributed by atoms with Gasteiger partial charge in [-0.25, -0.2) is 4.79 Å². The minimum absolute atomic E-state index is 0.00553. The van der Waals surface area contributed by atoms with Gasteiger partial charge in [-0.2, -0.15) is 0 Å². The second kappa shape index (κ2) is 9.29. The third-order valence-corrected chi connectivity index (χ3v) is 5.58. The minimum atomic E-state index is -0.508. The van der Waals surface area contributed by atoms with Gasteiger partial charge < -0.3 is 19.5 Å². The van der Waals surface area contributed by atoms with Crippen LogP contribution in [0.2, 0.25) is 0 Å². The van der Waals surface area contributed by atoms with Crippen LogP contribution in [0, 0.1) is 10.1 Å². The number of nitro benzene ring substituents is 1. The number of ether oxygens (including phenoxy) is 2. The first-order valence-corrected chi connectivity index (χ1v) is 10.5. The number of carbonyl (C=O) groups is 2. The number of ketones is 1. The van der Waals surface area contributed by atoms with Crippen LogP contribution >= 0.6 is 0 Å². The number of nitrogens with zero attached hydrogens (tertiary/aromatic N) is 3. The van der Waals surface area contributed by atoms with Gasteiger partial charge in [-0.3, -0.25) is 19.8 Å². The van der Waals surface area contributed by atoms with Gasteiger partial charge in [0, 0.05) is 44.9 Å². The van der Waals surface area contributed by atoms with Crippen LogP contribution in [0.1, 0.15) is 28.4 Å². The van der Waals surface area contributed by atoms with Crippen molar-refractivity contribution in [3.8, 4) is 11.5 Å². The van der Waals surface area contributed by atoms with E-state index in [1.54, 1.807) is 17.9 Å². The van der Waals surface area contributed by atoms with Crippen molar-refractivity contribution in [1.29, 1.82) is 0 Å². The average Bonchev–Trinajstić information content (AvgIpc) is 3.12. The van der Waals surface area contributed by atoms with E-state index in [4.69, 9.17) is 9.47 Å². The van der Waals surface area contributed by atoms with E-state index < -0.39 is 4.92 Å². The Morgan fingerprint density at radius 1 is 1.24 bits per heavy atom. The summed E-state index contributed by atoms with van der Waals surface area (Å²) < 4.78 is 10.9. The van der Waals surface area contributed by atoms with Crippen LogP contribution < -0.4 is 4.74 Å². The van der Waals surface area contributed by atoms with Crippen molar-refractivity contribution in [2.75, 3.05) is 32.8 Å². The molecule has 2 aliphatic rings. The summed E-state index contributed by atoms with van der Waals surface area (Å²) >= 11 is 0. The normalized spacial score (nSPS) is 17.1. The Bertz CT molecular complexity index is 1140. The molecule has 0 atom stereocenters. The maximum atomic E-state index is 12.9. The van der Waals surface area contributed by atoms with Crippen LogP contribution in [0.5, 0.6) is 11.5 Å². The van der Waals surface area contributed by atoms with Crippen molar-refractivity contribution in [3.63, 3.8) is 0 Å². The first-order valence-electron chi connectivity index (χ1n) is 10.5. The minimum Gasteiger partial charge on any atom is -0.507 e. The van der Waals surface area contributed by atoms with Crippen LogP contribution in [0.3, 0.4) is 0 Å². The lowest BCUT2D eigenvalue weighted by Crippen LogP contribution is -2.48. The zero-order valence-corrected chi connectivity index (χ0v) is 18.0. The van der Waals surface area contributed by atoms with Gasteiger partial charge in [0.05, 0.1) is 22.7 Å². The van der Waals surface area contributed by atoms with Crippen molar-refractivity contribution in [1.82, 2.24) is 9.80 Å². The number of Topliss-reactive ketones (excluding diaryl/α,β-unsaturated/α-hetero) is 1. The molecule has 1 saturated heterocycles. The molecule has 2 aliphatic heterocycles. The van der Waals surface area contributed by atoms with Gasteiger partial charge in [-0.05, 0) is 30.7 Å². The molecule has 1 amide bonds. The van der Waals surface area contributed by atoms with Crippen molar-refractivity contribution in [2.45, 2.75) is 13.5 Å². The van der Waals surface area contributed by atoms with Crippen LogP contribution in [-0.4, -0.2) is 64.5 Å². The van der Waals surface area contributed by atoms with E-state index in [9.17, 15) is 24.8 Å². The summed E-state index contributed by atoms with van der Waals surface area (Å²) in [5.74, 6) is -0.0372. The SMILES string of the molecule is CCOC(=O)N1CCN(Cc2c(O)ccc3c2O/C(=C\c2cccc([N+](=O)[O-])c2)C3=O)CC1. The van der Waals surface area contributed by atoms with Gasteiger partial charge >= 0.3 is 6.09 Å². The molecule has 0 aliphatic carbocycles. The number of phenols is 1.